The summed E-state index contributed by atoms with van der Waals surface area (Å²) in [6.45, 7) is -0.395. The topological polar surface area (TPSA) is 102 Å². The molecule has 6 nitrogen and oxygen atoms in total. The summed E-state index contributed by atoms with van der Waals surface area (Å²) in [5.41, 5.74) is 1.52. The van der Waals surface area contributed by atoms with Crippen LogP contribution >= 0.6 is 0 Å². The number of amides is 1. The Morgan fingerprint density at radius 1 is 1.04 bits per heavy atom. The maximum absolute atomic E-state index is 12.3. The van der Waals surface area contributed by atoms with Crippen molar-refractivity contribution in [1.82, 2.24) is 10.3 Å². The van der Waals surface area contributed by atoms with Gasteiger partial charge in [0, 0.05) is 16.6 Å². The van der Waals surface area contributed by atoms with Crippen LogP contribution < -0.4 is 16.0 Å². The Kier molecular flexibility index (Phi) is 4.11. The van der Waals surface area contributed by atoms with Crippen molar-refractivity contribution in [3.8, 4) is 11.3 Å². The third-order valence-electron chi connectivity index (χ3n) is 3.65. The molecule has 2 N–H and O–H groups in total. The first-order chi connectivity index (χ1) is 11.5. The number of carbonyl (C=O) groups is 2. The second-order valence-electron chi connectivity index (χ2n) is 5.24. The number of fused-ring (bicyclic) bond motifs is 1. The van der Waals surface area contributed by atoms with Gasteiger partial charge >= 0.3 is 0 Å². The van der Waals surface area contributed by atoms with Gasteiger partial charge in [-0.05, 0) is 23.1 Å². The minimum absolute atomic E-state index is 0.259. The summed E-state index contributed by atoms with van der Waals surface area (Å²) in [6.07, 6.45) is -1.52. The third kappa shape index (κ3) is 3.17. The number of ketones is 1. The summed E-state index contributed by atoms with van der Waals surface area (Å²) in [5, 5.41) is 13.3. The van der Waals surface area contributed by atoms with Crippen LogP contribution in [0, 0.1) is 0 Å². The van der Waals surface area contributed by atoms with E-state index in [0.717, 1.165) is 5.56 Å². The average molecular weight is 321 g/mol. The highest BCUT2D eigenvalue weighted by molar-refractivity contribution is 6.02. The molecule has 3 aromatic rings. The molecule has 0 bridgehead atoms. The summed E-state index contributed by atoms with van der Waals surface area (Å²) in [6, 6.07) is 16.0. The Hall–Kier alpha value is -3.41. The van der Waals surface area contributed by atoms with Crippen molar-refractivity contribution in [3.05, 3.63) is 70.5 Å². The van der Waals surface area contributed by atoms with Crippen LogP contribution in [0.15, 0.2) is 59.4 Å². The Morgan fingerprint density at radius 3 is 2.50 bits per heavy atom. The number of Topliss-reactive ketones (excluding diaryl/α,β-unsaturated/α-hetero) is 1. The summed E-state index contributed by atoms with van der Waals surface area (Å²) in [4.78, 5) is 37.4. The first-order valence-corrected chi connectivity index (χ1v) is 7.25. The van der Waals surface area contributed by atoms with Crippen LogP contribution in [0.2, 0.25) is 0 Å². The molecule has 0 saturated heterocycles. The van der Waals surface area contributed by atoms with E-state index in [1.807, 2.05) is 41.7 Å². The number of aromatic amines is 1. The molecule has 0 fully saturated rings. The largest absolute Gasteiger partial charge is 0.530 e. The number of benzene rings is 2. The molecule has 0 saturated carbocycles. The van der Waals surface area contributed by atoms with E-state index in [2.05, 4.69) is 4.98 Å². The van der Waals surface area contributed by atoms with Crippen molar-refractivity contribution in [3.63, 3.8) is 0 Å². The third-order valence-corrected chi connectivity index (χ3v) is 3.65. The zero-order valence-corrected chi connectivity index (χ0v) is 12.5. The number of nitrogens with one attached hydrogen (secondary N) is 2. The van der Waals surface area contributed by atoms with Gasteiger partial charge in [-0.25, -0.2) is 0 Å². The van der Waals surface area contributed by atoms with Crippen LogP contribution in [0.4, 0.5) is 4.79 Å². The maximum Gasteiger partial charge on any atom is 0.256 e. The number of aromatic nitrogens is 1. The Morgan fingerprint density at radius 2 is 1.79 bits per heavy atom. The number of pyridine rings is 1. The fourth-order valence-electron chi connectivity index (χ4n) is 2.46. The molecule has 0 spiro atoms. The molecular formula is C18H13N2O4-. The van der Waals surface area contributed by atoms with E-state index in [1.54, 1.807) is 12.1 Å². The molecule has 0 atom stereocenters. The number of hydrogen-bond acceptors (Lipinski definition) is 4. The standard InChI is InChI=1S/C18H14N2O4/c21-16(10-19-18(23)24)13-7-6-12-9-15(11-4-2-1-3-5-11)20-17(22)14(12)8-13/h1-9,19H,10H2,(H,20,22)(H,23,24)/p-1. The lowest BCUT2D eigenvalue weighted by atomic mass is 10.0. The molecule has 0 unspecified atom stereocenters. The molecule has 1 aromatic heterocycles. The van der Waals surface area contributed by atoms with Gasteiger partial charge in [0.2, 0.25) is 0 Å². The van der Waals surface area contributed by atoms with Crippen LogP contribution in [0.3, 0.4) is 0 Å². The van der Waals surface area contributed by atoms with Crippen molar-refractivity contribution in [1.29, 1.82) is 0 Å². The van der Waals surface area contributed by atoms with Crippen LogP contribution in [0.25, 0.3) is 22.0 Å². The minimum atomic E-state index is -1.52. The van der Waals surface area contributed by atoms with Gasteiger partial charge in [-0.1, -0.05) is 42.5 Å². The van der Waals surface area contributed by atoms with E-state index in [1.165, 1.54) is 6.07 Å². The fourth-order valence-corrected chi connectivity index (χ4v) is 2.46. The number of carbonyl (C=O) groups excluding carboxylic acids is 2. The maximum atomic E-state index is 12.3. The molecule has 2 aromatic carbocycles. The van der Waals surface area contributed by atoms with Crippen molar-refractivity contribution >= 4 is 22.6 Å². The Labute approximate surface area is 136 Å². The van der Waals surface area contributed by atoms with Gasteiger partial charge < -0.3 is 20.2 Å². The van der Waals surface area contributed by atoms with Crippen LogP contribution in [0.1, 0.15) is 10.4 Å². The first kappa shape index (κ1) is 15.5. The smallest absolute Gasteiger partial charge is 0.256 e. The molecule has 0 aliphatic heterocycles. The highest BCUT2D eigenvalue weighted by atomic mass is 16.4. The van der Waals surface area contributed by atoms with Gasteiger partial charge in [0.25, 0.3) is 5.56 Å². The average Bonchev–Trinajstić information content (AvgIpc) is 2.60. The van der Waals surface area contributed by atoms with E-state index in [-0.39, 0.29) is 11.1 Å². The Balaban J connectivity index is 2.00. The number of carboxylic acid groups (broad SMARTS) is 1. The lowest BCUT2D eigenvalue weighted by molar-refractivity contribution is -0.250. The Bertz CT molecular complexity index is 977. The predicted octanol–water partition coefficient (Wildman–Crippen LogP) is 1.31. The van der Waals surface area contributed by atoms with E-state index in [9.17, 15) is 19.5 Å². The molecule has 6 heteroatoms. The van der Waals surface area contributed by atoms with Gasteiger partial charge in [-0.2, -0.15) is 0 Å². The SMILES string of the molecule is O=C([O-])NCC(=O)c1ccc2cc(-c3ccccc3)[nH]c(=O)c2c1. The van der Waals surface area contributed by atoms with Gasteiger partial charge in [-0.15, -0.1) is 0 Å². The van der Waals surface area contributed by atoms with Crippen molar-refractivity contribution in [2.24, 2.45) is 0 Å². The fraction of sp³-hybridized carbons (Fsp3) is 0.0556. The zero-order valence-electron chi connectivity index (χ0n) is 12.5. The highest BCUT2D eigenvalue weighted by Gasteiger charge is 2.09. The normalized spacial score (nSPS) is 10.5. The van der Waals surface area contributed by atoms with Gasteiger partial charge in [-0.3, -0.25) is 9.59 Å². The second kappa shape index (κ2) is 6.37. The molecule has 1 amide bonds. The van der Waals surface area contributed by atoms with E-state index in [0.29, 0.717) is 16.5 Å². The molecular weight excluding hydrogens is 308 g/mol. The van der Waals surface area contributed by atoms with E-state index < -0.39 is 18.4 Å². The van der Waals surface area contributed by atoms with E-state index in [4.69, 9.17) is 0 Å². The van der Waals surface area contributed by atoms with Crippen molar-refractivity contribution < 1.29 is 14.7 Å². The lowest BCUT2D eigenvalue weighted by Crippen LogP contribution is -2.39. The predicted molar refractivity (Wildman–Crippen MR) is 87.7 cm³/mol. The van der Waals surface area contributed by atoms with Gasteiger partial charge in [0.1, 0.15) is 6.09 Å². The lowest BCUT2D eigenvalue weighted by Gasteiger charge is -2.07. The quantitative estimate of drug-likeness (QED) is 0.707. The second-order valence-corrected chi connectivity index (χ2v) is 5.24. The molecule has 0 aliphatic carbocycles. The van der Waals surface area contributed by atoms with Crippen molar-refractivity contribution in [2.75, 3.05) is 6.54 Å². The molecule has 24 heavy (non-hydrogen) atoms. The summed E-state index contributed by atoms with van der Waals surface area (Å²) in [5.74, 6) is -0.437. The minimum Gasteiger partial charge on any atom is -0.530 e. The summed E-state index contributed by atoms with van der Waals surface area (Å²) < 4.78 is 0. The van der Waals surface area contributed by atoms with Gasteiger partial charge in [0.05, 0.1) is 6.54 Å². The first-order valence-electron chi connectivity index (χ1n) is 7.25. The molecule has 120 valence electrons. The molecule has 3 rings (SSSR count). The molecule has 0 radical (unpaired) electrons. The van der Waals surface area contributed by atoms with Crippen LogP contribution in [0.5, 0.6) is 0 Å². The van der Waals surface area contributed by atoms with Crippen LogP contribution in [-0.4, -0.2) is 23.4 Å². The van der Waals surface area contributed by atoms with Crippen molar-refractivity contribution in [2.45, 2.75) is 0 Å². The molecule has 0 aliphatic rings. The molecule has 1 heterocycles. The van der Waals surface area contributed by atoms with Crippen LogP contribution in [-0.2, 0) is 0 Å². The highest BCUT2D eigenvalue weighted by Crippen LogP contribution is 2.20. The summed E-state index contributed by atoms with van der Waals surface area (Å²) in [7, 11) is 0. The van der Waals surface area contributed by atoms with E-state index >= 15 is 0 Å². The number of H-pyrrole nitrogens is 1. The monoisotopic (exact) mass is 321 g/mol. The zero-order chi connectivity index (χ0) is 17.1. The number of hydrogen-bond donors (Lipinski definition) is 2. The summed E-state index contributed by atoms with van der Waals surface area (Å²) >= 11 is 0. The number of rotatable bonds is 4. The van der Waals surface area contributed by atoms with Gasteiger partial charge in [0.15, 0.2) is 5.78 Å².